The van der Waals surface area contributed by atoms with Crippen molar-refractivity contribution < 1.29 is 4.74 Å². The normalized spacial score (nSPS) is 35.8. The summed E-state index contributed by atoms with van der Waals surface area (Å²) in [4.78, 5) is 5.24. The highest BCUT2D eigenvalue weighted by Crippen LogP contribution is 2.23. The molecule has 3 heteroatoms. The highest BCUT2D eigenvalue weighted by Gasteiger charge is 2.37. The molecule has 2 fully saturated rings. The number of ether oxygens (including phenoxy) is 1. The van der Waals surface area contributed by atoms with E-state index in [2.05, 4.69) is 37.5 Å². The monoisotopic (exact) mass is 212 g/mol. The predicted molar refractivity (Wildman–Crippen MR) is 62.1 cm³/mol. The number of piperazine rings is 1. The van der Waals surface area contributed by atoms with Crippen molar-refractivity contribution in [3.05, 3.63) is 0 Å². The van der Waals surface area contributed by atoms with Crippen LogP contribution >= 0.6 is 0 Å². The van der Waals surface area contributed by atoms with Gasteiger partial charge in [-0.1, -0.05) is 0 Å². The Morgan fingerprint density at radius 2 is 1.60 bits per heavy atom. The van der Waals surface area contributed by atoms with E-state index in [4.69, 9.17) is 4.74 Å². The van der Waals surface area contributed by atoms with Gasteiger partial charge in [0.1, 0.15) is 0 Å². The summed E-state index contributed by atoms with van der Waals surface area (Å²) in [6.45, 7) is 13.6. The third-order valence-corrected chi connectivity index (χ3v) is 3.79. The van der Waals surface area contributed by atoms with Gasteiger partial charge in [0.2, 0.25) is 0 Å². The molecule has 0 aromatic carbocycles. The van der Waals surface area contributed by atoms with Gasteiger partial charge in [-0.25, -0.2) is 0 Å². The zero-order valence-electron chi connectivity index (χ0n) is 10.4. The minimum Gasteiger partial charge on any atom is -0.378 e. The van der Waals surface area contributed by atoms with Gasteiger partial charge in [0, 0.05) is 31.2 Å². The van der Waals surface area contributed by atoms with E-state index in [1.165, 1.54) is 13.1 Å². The lowest BCUT2D eigenvalue weighted by Gasteiger charge is -2.51. The van der Waals surface area contributed by atoms with E-state index in [1.54, 1.807) is 0 Å². The van der Waals surface area contributed by atoms with Gasteiger partial charge in [-0.15, -0.1) is 0 Å². The third-order valence-electron chi connectivity index (χ3n) is 3.79. The molecule has 88 valence electrons. The van der Waals surface area contributed by atoms with Crippen molar-refractivity contribution in [3.63, 3.8) is 0 Å². The molecule has 0 bridgehead atoms. The number of hydrogen-bond donors (Lipinski definition) is 0. The SMILES string of the molecule is CC(C)N1CC(C)N(C2COC2)C(C)C1. The van der Waals surface area contributed by atoms with Crippen molar-refractivity contribution in [2.75, 3.05) is 26.3 Å². The first kappa shape index (κ1) is 11.4. The van der Waals surface area contributed by atoms with Crippen LogP contribution in [0.3, 0.4) is 0 Å². The molecule has 0 amide bonds. The summed E-state index contributed by atoms with van der Waals surface area (Å²) in [5.74, 6) is 0. The molecule has 0 aliphatic carbocycles. The van der Waals surface area contributed by atoms with Crippen LogP contribution in [0.25, 0.3) is 0 Å². The van der Waals surface area contributed by atoms with Crippen LogP contribution in [-0.2, 0) is 4.74 Å². The summed E-state index contributed by atoms with van der Waals surface area (Å²) < 4.78 is 5.30. The van der Waals surface area contributed by atoms with Crippen LogP contribution in [0, 0.1) is 0 Å². The van der Waals surface area contributed by atoms with Crippen molar-refractivity contribution >= 4 is 0 Å². The van der Waals surface area contributed by atoms with E-state index < -0.39 is 0 Å². The number of nitrogens with zero attached hydrogens (tertiary/aromatic N) is 2. The molecule has 2 aliphatic rings. The van der Waals surface area contributed by atoms with Crippen molar-refractivity contribution in [2.24, 2.45) is 0 Å². The Morgan fingerprint density at radius 1 is 1.07 bits per heavy atom. The minimum atomic E-state index is 0.671. The highest BCUT2D eigenvalue weighted by molar-refractivity contribution is 4.92. The lowest BCUT2D eigenvalue weighted by molar-refractivity contribution is -0.114. The molecule has 0 aromatic heterocycles. The average molecular weight is 212 g/mol. The van der Waals surface area contributed by atoms with Gasteiger partial charge in [-0.2, -0.15) is 0 Å². The Balaban J connectivity index is 1.97. The molecule has 0 aromatic rings. The van der Waals surface area contributed by atoms with Gasteiger partial charge in [-0.05, 0) is 27.7 Å². The lowest BCUT2D eigenvalue weighted by atomic mass is 10.0. The topological polar surface area (TPSA) is 15.7 Å². The Kier molecular flexibility index (Phi) is 3.33. The van der Waals surface area contributed by atoms with E-state index in [0.717, 1.165) is 13.2 Å². The Hall–Kier alpha value is -0.120. The molecule has 0 radical (unpaired) electrons. The van der Waals surface area contributed by atoms with E-state index >= 15 is 0 Å². The van der Waals surface area contributed by atoms with Crippen LogP contribution in [0.2, 0.25) is 0 Å². The number of hydrogen-bond acceptors (Lipinski definition) is 3. The number of rotatable bonds is 2. The summed E-state index contributed by atoms with van der Waals surface area (Å²) >= 11 is 0. The van der Waals surface area contributed by atoms with Crippen molar-refractivity contribution in [2.45, 2.75) is 51.9 Å². The fourth-order valence-corrected chi connectivity index (χ4v) is 2.91. The van der Waals surface area contributed by atoms with Gasteiger partial charge in [-0.3, -0.25) is 9.80 Å². The summed E-state index contributed by atoms with van der Waals surface area (Å²) in [7, 11) is 0. The summed E-state index contributed by atoms with van der Waals surface area (Å²) in [5, 5.41) is 0. The van der Waals surface area contributed by atoms with Crippen molar-refractivity contribution in [1.82, 2.24) is 9.80 Å². The van der Waals surface area contributed by atoms with Gasteiger partial charge in [0.15, 0.2) is 0 Å². The second kappa shape index (κ2) is 4.40. The fraction of sp³-hybridized carbons (Fsp3) is 1.00. The van der Waals surface area contributed by atoms with Crippen LogP contribution in [0.15, 0.2) is 0 Å². The zero-order valence-corrected chi connectivity index (χ0v) is 10.4. The molecule has 0 N–H and O–H groups in total. The molecular formula is C12H24N2O. The molecule has 0 saturated carbocycles. The van der Waals surface area contributed by atoms with E-state index in [-0.39, 0.29) is 0 Å². The Labute approximate surface area is 93.4 Å². The van der Waals surface area contributed by atoms with E-state index in [0.29, 0.717) is 24.2 Å². The van der Waals surface area contributed by atoms with Crippen LogP contribution in [0.1, 0.15) is 27.7 Å². The van der Waals surface area contributed by atoms with Crippen LogP contribution < -0.4 is 0 Å². The highest BCUT2D eigenvalue weighted by atomic mass is 16.5. The Morgan fingerprint density at radius 3 is 1.93 bits per heavy atom. The lowest BCUT2D eigenvalue weighted by Crippen LogP contribution is -2.65. The van der Waals surface area contributed by atoms with Crippen molar-refractivity contribution in [3.8, 4) is 0 Å². The minimum absolute atomic E-state index is 0.671. The first-order valence-corrected chi connectivity index (χ1v) is 6.18. The first-order valence-electron chi connectivity index (χ1n) is 6.18. The van der Waals surface area contributed by atoms with Crippen molar-refractivity contribution in [1.29, 1.82) is 0 Å². The molecule has 3 nitrogen and oxygen atoms in total. The first-order chi connectivity index (χ1) is 7.09. The summed E-state index contributed by atoms with van der Waals surface area (Å²) in [5.41, 5.74) is 0. The second-order valence-electron chi connectivity index (χ2n) is 5.38. The molecular weight excluding hydrogens is 188 g/mol. The zero-order chi connectivity index (χ0) is 11.0. The third kappa shape index (κ3) is 2.19. The van der Waals surface area contributed by atoms with Gasteiger partial charge in [0.05, 0.1) is 19.3 Å². The standard InChI is InChI=1S/C12H24N2O/c1-9(2)13-5-10(3)14(11(4)6-13)12-7-15-8-12/h9-12H,5-8H2,1-4H3. The summed E-state index contributed by atoms with van der Waals surface area (Å²) in [6, 6.07) is 2.70. The molecule has 2 rings (SSSR count). The maximum absolute atomic E-state index is 5.30. The van der Waals surface area contributed by atoms with E-state index in [1.807, 2.05) is 0 Å². The maximum Gasteiger partial charge on any atom is 0.0645 e. The van der Waals surface area contributed by atoms with Gasteiger partial charge >= 0.3 is 0 Å². The predicted octanol–water partition coefficient (Wildman–Crippen LogP) is 1.19. The smallest absolute Gasteiger partial charge is 0.0645 e. The van der Waals surface area contributed by atoms with Crippen LogP contribution in [-0.4, -0.2) is 60.3 Å². The van der Waals surface area contributed by atoms with Gasteiger partial charge < -0.3 is 4.74 Å². The summed E-state index contributed by atoms with van der Waals surface area (Å²) in [6.07, 6.45) is 0. The second-order valence-corrected chi connectivity index (χ2v) is 5.38. The van der Waals surface area contributed by atoms with Crippen LogP contribution in [0.4, 0.5) is 0 Å². The molecule has 2 aliphatic heterocycles. The molecule has 15 heavy (non-hydrogen) atoms. The van der Waals surface area contributed by atoms with Crippen LogP contribution in [0.5, 0.6) is 0 Å². The Bertz CT molecular complexity index is 204. The molecule has 2 saturated heterocycles. The maximum atomic E-state index is 5.30. The quantitative estimate of drug-likeness (QED) is 0.684. The van der Waals surface area contributed by atoms with E-state index in [9.17, 15) is 0 Å². The molecule has 2 unspecified atom stereocenters. The molecule has 0 spiro atoms. The largest absolute Gasteiger partial charge is 0.378 e. The average Bonchev–Trinajstić information content (AvgIpc) is 2.07. The fourth-order valence-electron chi connectivity index (χ4n) is 2.91. The van der Waals surface area contributed by atoms with Gasteiger partial charge in [0.25, 0.3) is 0 Å². The molecule has 2 heterocycles. The molecule has 2 atom stereocenters.